The molecule has 2 aromatic carbocycles. The second-order valence-electron chi connectivity index (χ2n) is 5.35. The van der Waals surface area contributed by atoms with Gasteiger partial charge in [-0.1, -0.05) is 41.4 Å². The maximum absolute atomic E-state index is 11.9. The molecule has 1 N–H and O–H groups in total. The summed E-state index contributed by atoms with van der Waals surface area (Å²) in [6, 6.07) is 13.4. The third-order valence-electron chi connectivity index (χ3n) is 3.41. The van der Waals surface area contributed by atoms with E-state index in [1.807, 2.05) is 32.9 Å². The van der Waals surface area contributed by atoms with Crippen LogP contribution in [0.25, 0.3) is 0 Å². The van der Waals surface area contributed by atoms with Gasteiger partial charge in [0.15, 0.2) is 0 Å². The highest BCUT2D eigenvalue weighted by Crippen LogP contribution is 2.12. The molecule has 0 radical (unpaired) electrons. The van der Waals surface area contributed by atoms with Crippen molar-refractivity contribution in [3.63, 3.8) is 0 Å². The first kappa shape index (κ1) is 16.2. The fourth-order valence-electron chi connectivity index (χ4n) is 2.16. The number of nitrogens with zero attached hydrogens (tertiary/aromatic N) is 1. The van der Waals surface area contributed by atoms with Crippen LogP contribution in [0.1, 0.15) is 29.2 Å². The number of hydrogen-bond acceptors (Lipinski definition) is 2. The van der Waals surface area contributed by atoms with E-state index in [0.717, 1.165) is 22.4 Å². The zero-order chi connectivity index (χ0) is 16.1. The van der Waals surface area contributed by atoms with Gasteiger partial charge in [-0.25, -0.2) is 5.43 Å². The van der Waals surface area contributed by atoms with Crippen LogP contribution in [0.3, 0.4) is 0 Å². The van der Waals surface area contributed by atoms with Gasteiger partial charge in [-0.3, -0.25) is 4.79 Å². The van der Waals surface area contributed by atoms with Crippen LogP contribution >= 0.6 is 11.6 Å². The molecule has 0 aliphatic carbocycles. The summed E-state index contributed by atoms with van der Waals surface area (Å²) >= 11 is 5.82. The monoisotopic (exact) mass is 314 g/mol. The maximum Gasteiger partial charge on any atom is 0.244 e. The molecule has 22 heavy (non-hydrogen) atoms. The molecule has 0 saturated heterocycles. The van der Waals surface area contributed by atoms with Gasteiger partial charge >= 0.3 is 0 Å². The average molecular weight is 315 g/mol. The highest BCUT2D eigenvalue weighted by atomic mass is 35.5. The maximum atomic E-state index is 11.9. The number of halogens is 1. The number of benzene rings is 2. The predicted molar refractivity (Wildman–Crippen MR) is 91.4 cm³/mol. The average Bonchev–Trinajstić information content (AvgIpc) is 2.49. The lowest BCUT2D eigenvalue weighted by Crippen LogP contribution is -2.21. The molecular formula is C18H19ClN2O. The number of amides is 1. The van der Waals surface area contributed by atoms with E-state index in [9.17, 15) is 4.79 Å². The van der Waals surface area contributed by atoms with E-state index in [0.29, 0.717) is 5.02 Å². The second kappa shape index (κ2) is 7.23. The molecule has 2 rings (SSSR count). The number of carbonyl (C=O) groups is 1. The van der Waals surface area contributed by atoms with Gasteiger partial charge < -0.3 is 0 Å². The summed E-state index contributed by atoms with van der Waals surface area (Å²) in [6.45, 7) is 5.96. The van der Waals surface area contributed by atoms with Crippen LogP contribution in [0.5, 0.6) is 0 Å². The van der Waals surface area contributed by atoms with Crippen LogP contribution in [0.2, 0.25) is 5.02 Å². The molecule has 0 unspecified atom stereocenters. The summed E-state index contributed by atoms with van der Waals surface area (Å²) in [5.74, 6) is -0.146. The normalized spacial score (nSPS) is 11.4. The molecule has 0 aliphatic heterocycles. The van der Waals surface area contributed by atoms with Crippen LogP contribution in [-0.4, -0.2) is 11.6 Å². The standard InChI is InChI=1S/C18H19ClN2O/c1-12-4-5-13(2)17(10-12)14(3)20-21-18(22)11-15-6-8-16(19)9-7-15/h4-10H,11H2,1-3H3,(H,21,22)/b20-14-. The number of aryl methyl sites for hydroxylation is 2. The zero-order valence-corrected chi connectivity index (χ0v) is 13.7. The Morgan fingerprint density at radius 3 is 2.50 bits per heavy atom. The van der Waals surface area contributed by atoms with Gasteiger partial charge in [0, 0.05) is 10.6 Å². The quantitative estimate of drug-likeness (QED) is 0.671. The summed E-state index contributed by atoms with van der Waals surface area (Å²) < 4.78 is 0. The van der Waals surface area contributed by atoms with Crippen molar-refractivity contribution in [1.29, 1.82) is 0 Å². The van der Waals surface area contributed by atoms with Gasteiger partial charge in [-0.15, -0.1) is 0 Å². The van der Waals surface area contributed by atoms with E-state index >= 15 is 0 Å². The lowest BCUT2D eigenvalue weighted by molar-refractivity contribution is -0.120. The number of hydrogen-bond donors (Lipinski definition) is 1. The summed E-state index contributed by atoms with van der Waals surface area (Å²) in [5.41, 5.74) is 7.66. The van der Waals surface area contributed by atoms with Crippen molar-refractivity contribution in [2.45, 2.75) is 27.2 Å². The molecule has 0 bridgehead atoms. The third-order valence-corrected chi connectivity index (χ3v) is 3.66. The highest BCUT2D eigenvalue weighted by Gasteiger charge is 2.05. The molecule has 0 fully saturated rings. The second-order valence-corrected chi connectivity index (χ2v) is 5.79. The minimum Gasteiger partial charge on any atom is -0.273 e. The molecule has 0 aromatic heterocycles. The number of hydrazone groups is 1. The first-order chi connectivity index (χ1) is 10.5. The first-order valence-electron chi connectivity index (χ1n) is 7.11. The van der Waals surface area contributed by atoms with Gasteiger partial charge in [0.1, 0.15) is 0 Å². The SMILES string of the molecule is C/C(=N/NC(=O)Cc1ccc(Cl)cc1)c1cc(C)ccc1C. The van der Waals surface area contributed by atoms with Crippen LogP contribution in [0.4, 0.5) is 0 Å². The van der Waals surface area contributed by atoms with Crippen molar-refractivity contribution in [3.8, 4) is 0 Å². The summed E-state index contributed by atoms with van der Waals surface area (Å²) in [7, 11) is 0. The zero-order valence-electron chi connectivity index (χ0n) is 13.0. The van der Waals surface area contributed by atoms with Crippen molar-refractivity contribution < 1.29 is 4.79 Å². The van der Waals surface area contributed by atoms with Crippen molar-refractivity contribution >= 4 is 23.2 Å². The van der Waals surface area contributed by atoms with Gasteiger partial charge in [-0.2, -0.15) is 5.10 Å². The Labute approximate surface area is 136 Å². The number of carbonyl (C=O) groups excluding carboxylic acids is 1. The molecule has 0 heterocycles. The molecule has 114 valence electrons. The van der Waals surface area contributed by atoms with Crippen LogP contribution < -0.4 is 5.43 Å². The van der Waals surface area contributed by atoms with Crippen LogP contribution in [0, 0.1) is 13.8 Å². The van der Waals surface area contributed by atoms with Crippen LogP contribution in [0.15, 0.2) is 47.6 Å². The van der Waals surface area contributed by atoms with Crippen LogP contribution in [-0.2, 0) is 11.2 Å². The Morgan fingerprint density at radius 2 is 1.82 bits per heavy atom. The lowest BCUT2D eigenvalue weighted by Gasteiger charge is -2.07. The molecule has 0 atom stereocenters. The van der Waals surface area contributed by atoms with E-state index in [-0.39, 0.29) is 12.3 Å². The first-order valence-corrected chi connectivity index (χ1v) is 7.48. The Bertz CT molecular complexity index is 706. The Balaban J connectivity index is 2.02. The van der Waals surface area contributed by atoms with Gasteiger partial charge in [0.05, 0.1) is 12.1 Å². The van der Waals surface area contributed by atoms with Crippen molar-refractivity contribution in [3.05, 3.63) is 69.7 Å². The summed E-state index contributed by atoms with van der Waals surface area (Å²) in [5, 5.41) is 4.86. The Morgan fingerprint density at radius 1 is 1.14 bits per heavy atom. The van der Waals surface area contributed by atoms with E-state index < -0.39 is 0 Å². The lowest BCUT2D eigenvalue weighted by atomic mass is 10.0. The predicted octanol–water partition coefficient (Wildman–Crippen LogP) is 4.04. The summed E-state index contributed by atoms with van der Waals surface area (Å²) in [4.78, 5) is 11.9. The highest BCUT2D eigenvalue weighted by molar-refractivity contribution is 6.30. The summed E-state index contributed by atoms with van der Waals surface area (Å²) in [6.07, 6.45) is 0.279. The number of rotatable bonds is 4. The third kappa shape index (κ3) is 4.43. The van der Waals surface area contributed by atoms with E-state index in [2.05, 4.69) is 28.7 Å². The minimum atomic E-state index is -0.146. The minimum absolute atomic E-state index is 0.146. The topological polar surface area (TPSA) is 41.5 Å². The fourth-order valence-corrected chi connectivity index (χ4v) is 2.29. The Hall–Kier alpha value is -2.13. The molecule has 4 heteroatoms. The number of nitrogens with one attached hydrogen (secondary N) is 1. The van der Waals surface area contributed by atoms with Gasteiger partial charge in [0.25, 0.3) is 0 Å². The van der Waals surface area contributed by atoms with Crippen molar-refractivity contribution in [1.82, 2.24) is 5.43 Å². The van der Waals surface area contributed by atoms with Crippen molar-refractivity contribution in [2.75, 3.05) is 0 Å². The van der Waals surface area contributed by atoms with Gasteiger partial charge in [-0.05, 0) is 50.1 Å². The van der Waals surface area contributed by atoms with E-state index in [4.69, 9.17) is 11.6 Å². The Kier molecular flexibility index (Phi) is 5.34. The molecule has 3 nitrogen and oxygen atoms in total. The molecule has 0 saturated carbocycles. The smallest absolute Gasteiger partial charge is 0.244 e. The molecule has 0 spiro atoms. The molecule has 1 amide bonds. The van der Waals surface area contributed by atoms with E-state index in [1.165, 1.54) is 5.56 Å². The van der Waals surface area contributed by atoms with Gasteiger partial charge in [0.2, 0.25) is 5.91 Å². The molecule has 2 aromatic rings. The molecular weight excluding hydrogens is 296 g/mol. The largest absolute Gasteiger partial charge is 0.273 e. The van der Waals surface area contributed by atoms with E-state index in [1.54, 1.807) is 12.1 Å². The molecule has 0 aliphatic rings. The fraction of sp³-hybridized carbons (Fsp3) is 0.222. The van der Waals surface area contributed by atoms with Crippen molar-refractivity contribution in [2.24, 2.45) is 5.10 Å².